The van der Waals surface area contributed by atoms with E-state index in [1.165, 1.54) is 35.7 Å². The third-order valence-electron chi connectivity index (χ3n) is 4.35. The van der Waals surface area contributed by atoms with Gasteiger partial charge in [-0.05, 0) is 36.6 Å². The molecule has 1 aromatic heterocycles. The van der Waals surface area contributed by atoms with Crippen LogP contribution in [0.2, 0.25) is 0 Å². The number of hydrazone groups is 1. The van der Waals surface area contributed by atoms with Crippen molar-refractivity contribution in [2.24, 2.45) is 5.10 Å². The number of anilines is 1. The minimum absolute atomic E-state index is 0.145. The van der Waals surface area contributed by atoms with Crippen molar-refractivity contribution in [3.05, 3.63) is 51.7 Å². The largest absolute Gasteiger partial charge is 0.460 e. The number of benzene rings is 1. The van der Waals surface area contributed by atoms with E-state index in [0.29, 0.717) is 5.56 Å². The van der Waals surface area contributed by atoms with Gasteiger partial charge in [0, 0.05) is 15.9 Å². The summed E-state index contributed by atoms with van der Waals surface area (Å²) in [5.74, 6) is -15.7. The lowest BCUT2D eigenvalue weighted by molar-refractivity contribution is -0.343. The van der Waals surface area contributed by atoms with E-state index in [4.69, 9.17) is 0 Å². The normalized spacial score (nSPS) is 13.2. The predicted octanol–water partition coefficient (Wildman–Crippen LogP) is 5.80. The second-order valence-corrected chi connectivity index (χ2v) is 8.15. The molecule has 0 saturated carbocycles. The molecular formula is C20H18F7N3O2S. The highest BCUT2D eigenvalue weighted by atomic mass is 32.1. The van der Waals surface area contributed by atoms with Crippen LogP contribution in [0.1, 0.15) is 47.5 Å². The van der Waals surface area contributed by atoms with E-state index in [1.54, 1.807) is 11.4 Å². The van der Waals surface area contributed by atoms with E-state index in [9.17, 15) is 40.3 Å². The summed E-state index contributed by atoms with van der Waals surface area (Å²) in [7, 11) is 0. The standard InChI is InChI=1S/C20H18F7N3O2S/c1-10(2)15-8-13(9-33-15)16(31)30-29-11(3)12-5-4-6-14(7-12)28-17(32)18(21,22)19(23,24)20(25,26)27/h4-10H,1-3H3,(H,28,32)(H,30,31)/b29-11-. The molecule has 2 N–H and O–H groups in total. The molecule has 0 aliphatic rings. The first-order valence-electron chi connectivity index (χ1n) is 9.25. The lowest BCUT2D eigenvalue weighted by Gasteiger charge is -2.27. The number of hydrogen-bond acceptors (Lipinski definition) is 4. The van der Waals surface area contributed by atoms with Crippen molar-refractivity contribution in [2.45, 2.75) is 44.7 Å². The molecule has 2 amide bonds. The van der Waals surface area contributed by atoms with Gasteiger partial charge in [0.25, 0.3) is 5.91 Å². The van der Waals surface area contributed by atoms with Crippen molar-refractivity contribution in [2.75, 3.05) is 5.32 Å². The van der Waals surface area contributed by atoms with Crippen LogP contribution < -0.4 is 10.7 Å². The summed E-state index contributed by atoms with van der Waals surface area (Å²) >= 11 is 1.39. The maximum Gasteiger partial charge on any atom is 0.460 e. The summed E-state index contributed by atoms with van der Waals surface area (Å²) in [4.78, 5) is 24.7. The Hall–Kier alpha value is -2.96. The Kier molecular flexibility index (Phi) is 7.56. The van der Waals surface area contributed by atoms with Gasteiger partial charge in [0.15, 0.2) is 0 Å². The monoisotopic (exact) mass is 497 g/mol. The van der Waals surface area contributed by atoms with Crippen LogP contribution >= 0.6 is 11.3 Å². The summed E-state index contributed by atoms with van der Waals surface area (Å²) in [5, 5.41) is 6.85. The van der Waals surface area contributed by atoms with Crippen LogP contribution in [0.15, 0.2) is 40.8 Å². The van der Waals surface area contributed by atoms with E-state index in [1.807, 2.05) is 13.8 Å². The molecule has 0 bridgehead atoms. The Balaban J connectivity index is 2.14. The summed E-state index contributed by atoms with van der Waals surface area (Å²) < 4.78 is 89.8. The number of carbonyl (C=O) groups is 2. The van der Waals surface area contributed by atoms with Crippen molar-refractivity contribution in [1.82, 2.24) is 5.43 Å². The molecule has 0 aliphatic carbocycles. The van der Waals surface area contributed by atoms with Gasteiger partial charge in [-0.2, -0.15) is 35.8 Å². The molecule has 0 spiro atoms. The molecule has 0 unspecified atom stereocenters. The smallest absolute Gasteiger partial charge is 0.321 e. The number of amides is 2. The van der Waals surface area contributed by atoms with Crippen LogP contribution in [0.4, 0.5) is 36.4 Å². The molecule has 2 aromatic rings. The van der Waals surface area contributed by atoms with Gasteiger partial charge in [-0.15, -0.1) is 11.3 Å². The van der Waals surface area contributed by atoms with E-state index < -0.39 is 35.5 Å². The molecule has 2 rings (SSSR count). The van der Waals surface area contributed by atoms with Crippen molar-refractivity contribution < 1.29 is 40.3 Å². The number of nitrogens with zero attached hydrogens (tertiary/aromatic N) is 1. The van der Waals surface area contributed by atoms with Gasteiger partial charge in [-0.25, -0.2) is 5.43 Å². The predicted molar refractivity (Wildman–Crippen MR) is 109 cm³/mol. The highest BCUT2D eigenvalue weighted by Crippen LogP contribution is 2.46. The fraction of sp³-hybridized carbons (Fsp3) is 0.350. The Morgan fingerprint density at radius 2 is 1.64 bits per heavy atom. The van der Waals surface area contributed by atoms with Crippen molar-refractivity contribution in [3.8, 4) is 0 Å². The van der Waals surface area contributed by atoms with Crippen LogP contribution in [-0.4, -0.2) is 35.5 Å². The Labute approximate surface area is 187 Å². The quantitative estimate of drug-likeness (QED) is 0.289. The van der Waals surface area contributed by atoms with Crippen molar-refractivity contribution in [3.63, 3.8) is 0 Å². The zero-order valence-electron chi connectivity index (χ0n) is 17.4. The molecule has 5 nitrogen and oxygen atoms in total. The average Bonchev–Trinajstić information content (AvgIpc) is 3.21. The van der Waals surface area contributed by atoms with E-state index in [-0.39, 0.29) is 17.2 Å². The minimum atomic E-state index is -6.63. The summed E-state index contributed by atoms with van der Waals surface area (Å²) in [6.45, 7) is 5.34. The number of nitrogens with one attached hydrogen (secondary N) is 2. The Morgan fingerprint density at radius 1 is 1.00 bits per heavy atom. The van der Waals surface area contributed by atoms with Gasteiger partial charge in [0.2, 0.25) is 0 Å². The minimum Gasteiger partial charge on any atom is -0.321 e. The first-order chi connectivity index (χ1) is 15.1. The summed E-state index contributed by atoms with van der Waals surface area (Å²) in [5.41, 5.74) is 2.51. The summed E-state index contributed by atoms with van der Waals surface area (Å²) in [6.07, 6.45) is -6.63. The average molecular weight is 497 g/mol. The van der Waals surface area contributed by atoms with Crippen LogP contribution in [0.3, 0.4) is 0 Å². The van der Waals surface area contributed by atoms with Crippen molar-refractivity contribution in [1.29, 1.82) is 0 Å². The fourth-order valence-electron chi connectivity index (χ4n) is 2.39. The van der Waals surface area contributed by atoms with Gasteiger partial charge in [0.1, 0.15) is 0 Å². The van der Waals surface area contributed by atoms with E-state index >= 15 is 0 Å². The lowest BCUT2D eigenvalue weighted by Crippen LogP contribution is -2.57. The number of rotatable bonds is 7. The third-order valence-corrected chi connectivity index (χ3v) is 5.58. The zero-order valence-corrected chi connectivity index (χ0v) is 18.2. The number of carbonyl (C=O) groups excluding carboxylic acids is 2. The maximum atomic E-state index is 13.5. The topological polar surface area (TPSA) is 70.6 Å². The van der Waals surface area contributed by atoms with Crippen LogP contribution in [-0.2, 0) is 4.79 Å². The number of hydrogen-bond donors (Lipinski definition) is 2. The molecule has 180 valence electrons. The van der Waals surface area contributed by atoms with Gasteiger partial charge in [0.05, 0.1) is 11.3 Å². The molecule has 1 heterocycles. The van der Waals surface area contributed by atoms with Crippen LogP contribution in [0.25, 0.3) is 0 Å². The molecule has 1 aromatic carbocycles. The molecule has 0 saturated heterocycles. The van der Waals surface area contributed by atoms with Gasteiger partial charge in [-0.3, -0.25) is 9.59 Å². The second kappa shape index (κ2) is 9.49. The van der Waals surface area contributed by atoms with Crippen LogP contribution in [0, 0.1) is 0 Å². The van der Waals surface area contributed by atoms with E-state index in [2.05, 4.69) is 10.5 Å². The lowest BCUT2D eigenvalue weighted by atomic mass is 10.1. The summed E-state index contributed by atoms with van der Waals surface area (Å²) in [6, 6.07) is 6.34. The third kappa shape index (κ3) is 5.70. The molecule has 33 heavy (non-hydrogen) atoms. The fourth-order valence-corrected chi connectivity index (χ4v) is 3.30. The molecule has 0 radical (unpaired) electrons. The number of alkyl halides is 7. The van der Waals surface area contributed by atoms with Gasteiger partial charge < -0.3 is 5.32 Å². The van der Waals surface area contributed by atoms with E-state index in [0.717, 1.165) is 17.0 Å². The molecule has 0 fully saturated rings. The van der Waals surface area contributed by atoms with Gasteiger partial charge >= 0.3 is 23.9 Å². The first kappa shape index (κ1) is 26.3. The Bertz CT molecular complexity index is 1060. The highest BCUT2D eigenvalue weighted by molar-refractivity contribution is 7.10. The SMILES string of the molecule is C/C(=N/NC(=O)c1csc(C(C)C)c1)c1cccc(NC(=O)C(F)(F)C(F)(F)C(F)(F)F)c1. The molecular weight excluding hydrogens is 479 g/mol. The molecule has 0 atom stereocenters. The second-order valence-electron chi connectivity index (χ2n) is 7.21. The number of halogens is 7. The van der Waals surface area contributed by atoms with Crippen molar-refractivity contribution >= 4 is 34.6 Å². The zero-order chi connectivity index (χ0) is 25.2. The highest BCUT2D eigenvalue weighted by Gasteiger charge is 2.76. The first-order valence-corrected chi connectivity index (χ1v) is 10.1. The maximum absolute atomic E-state index is 13.5. The molecule has 13 heteroatoms. The molecule has 0 aliphatic heterocycles. The number of thiophene rings is 1. The van der Waals surface area contributed by atoms with Crippen LogP contribution in [0.5, 0.6) is 0 Å². The Morgan fingerprint density at radius 3 is 2.18 bits per heavy atom. The van der Waals surface area contributed by atoms with Gasteiger partial charge in [-0.1, -0.05) is 26.0 Å².